The summed E-state index contributed by atoms with van der Waals surface area (Å²) in [6, 6.07) is 8.52. The number of likely N-dealkylation sites (tertiary alicyclic amines) is 1. The van der Waals surface area contributed by atoms with Crippen molar-refractivity contribution in [3.05, 3.63) is 35.4 Å². The summed E-state index contributed by atoms with van der Waals surface area (Å²) in [5.41, 5.74) is 8.88. The Hall–Kier alpha value is -0.900. The van der Waals surface area contributed by atoms with E-state index >= 15 is 0 Å². The zero-order chi connectivity index (χ0) is 13.0. The molecule has 0 radical (unpaired) electrons. The van der Waals surface area contributed by atoms with Crippen molar-refractivity contribution in [1.82, 2.24) is 4.90 Å². The Labute approximate surface area is 110 Å². The number of aryl methyl sites for hydroxylation is 1. The molecule has 18 heavy (non-hydrogen) atoms. The lowest BCUT2D eigenvalue weighted by Gasteiger charge is -2.33. The average molecular weight is 248 g/mol. The van der Waals surface area contributed by atoms with Gasteiger partial charge in [0.15, 0.2) is 0 Å². The molecule has 0 aliphatic carbocycles. The molecule has 1 atom stereocenters. The van der Waals surface area contributed by atoms with Crippen molar-refractivity contribution in [2.24, 2.45) is 5.73 Å². The van der Waals surface area contributed by atoms with Gasteiger partial charge in [0.05, 0.1) is 6.10 Å². The molecule has 1 aliphatic heterocycles. The second-order valence-electron chi connectivity index (χ2n) is 5.20. The van der Waals surface area contributed by atoms with E-state index in [4.69, 9.17) is 10.5 Å². The van der Waals surface area contributed by atoms with E-state index in [-0.39, 0.29) is 6.04 Å². The van der Waals surface area contributed by atoms with Crippen LogP contribution in [-0.4, -0.2) is 37.7 Å². The fourth-order valence-corrected chi connectivity index (χ4v) is 2.71. The van der Waals surface area contributed by atoms with E-state index in [1.165, 1.54) is 11.1 Å². The van der Waals surface area contributed by atoms with Gasteiger partial charge in [-0.1, -0.05) is 24.3 Å². The number of ether oxygens (including phenoxy) is 1. The highest BCUT2D eigenvalue weighted by Gasteiger charge is 2.20. The van der Waals surface area contributed by atoms with Gasteiger partial charge in [0, 0.05) is 32.8 Å². The Morgan fingerprint density at radius 1 is 1.33 bits per heavy atom. The smallest absolute Gasteiger partial charge is 0.0595 e. The first-order valence-electron chi connectivity index (χ1n) is 6.77. The maximum atomic E-state index is 6.32. The average Bonchev–Trinajstić information content (AvgIpc) is 2.40. The van der Waals surface area contributed by atoms with Gasteiger partial charge >= 0.3 is 0 Å². The Morgan fingerprint density at radius 3 is 2.61 bits per heavy atom. The summed E-state index contributed by atoms with van der Waals surface area (Å²) >= 11 is 0. The highest BCUT2D eigenvalue weighted by Crippen LogP contribution is 2.19. The number of piperidine rings is 1. The van der Waals surface area contributed by atoms with Crippen molar-refractivity contribution in [2.45, 2.75) is 31.9 Å². The predicted octanol–water partition coefficient (Wildman–Crippen LogP) is 2.11. The Morgan fingerprint density at radius 2 is 2.00 bits per heavy atom. The predicted molar refractivity (Wildman–Crippen MR) is 74.6 cm³/mol. The van der Waals surface area contributed by atoms with Crippen LogP contribution in [-0.2, 0) is 4.74 Å². The van der Waals surface area contributed by atoms with Crippen LogP contribution < -0.4 is 5.73 Å². The molecule has 2 rings (SSSR count). The molecule has 0 amide bonds. The van der Waals surface area contributed by atoms with Crippen LogP contribution in [0.25, 0.3) is 0 Å². The topological polar surface area (TPSA) is 38.5 Å². The minimum Gasteiger partial charge on any atom is -0.381 e. The maximum Gasteiger partial charge on any atom is 0.0595 e. The van der Waals surface area contributed by atoms with Gasteiger partial charge < -0.3 is 15.4 Å². The van der Waals surface area contributed by atoms with E-state index < -0.39 is 0 Å². The van der Waals surface area contributed by atoms with E-state index in [1.54, 1.807) is 7.11 Å². The summed E-state index contributed by atoms with van der Waals surface area (Å²) < 4.78 is 5.39. The molecule has 3 heteroatoms. The van der Waals surface area contributed by atoms with Crippen LogP contribution in [0.2, 0.25) is 0 Å². The number of hydrogen-bond acceptors (Lipinski definition) is 3. The third kappa shape index (κ3) is 3.31. The van der Waals surface area contributed by atoms with E-state index in [0.717, 1.165) is 32.5 Å². The van der Waals surface area contributed by atoms with Gasteiger partial charge in [-0.2, -0.15) is 0 Å². The van der Waals surface area contributed by atoms with Crippen LogP contribution in [0.5, 0.6) is 0 Å². The summed E-state index contributed by atoms with van der Waals surface area (Å²) in [5.74, 6) is 0. The molecule has 3 nitrogen and oxygen atoms in total. The van der Waals surface area contributed by atoms with Crippen LogP contribution in [0.4, 0.5) is 0 Å². The number of nitrogens with zero attached hydrogens (tertiary/aromatic N) is 1. The van der Waals surface area contributed by atoms with E-state index in [2.05, 4.69) is 36.1 Å². The standard InChI is InChI=1S/C15H24N2O/c1-12-5-3-4-6-14(12)15(16)11-17-9-7-13(18-2)8-10-17/h3-6,13,15H,7-11,16H2,1-2H3. The van der Waals surface area contributed by atoms with E-state index in [9.17, 15) is 0 Å². The lowest BCUT2D eigenvalue weighted by molar-refractivity contribution is 0.0395. The normalized spacial score (nSPS) is 19.9. The number of nitrogens with two attached hydrogens (primary N) is 1. The molecule has 1 aromatic rings. The van der Waals surface area contributed by atoms with Gasteiger partial charge in [0.25, 0.3) is 0 Å². The molecular formula is C15H24N2O. The summed E-state index contributed by atoms with van der Waals surface area (Å²) in [5, 5.41) is 0. The molecule has 1 aromatic carbocycles. The van der Waals surface area contributed by atoms with Crippen LogP contribution in [0, 0.1) is 6.92 Å². The molecule has 1 unspecified atom stereocenters. The third-order valence-electron chi connectivity index (χ3n) is 3.91. The number of methoxy groups -OCH3 is 1. The summed E-state index contributed by atoms with van der Waals surface area (Å²) in [6.07, 6.45) is 2.68. The van der Waals surface area contributed by atoms with Gasteiger partial charge in [0.1, 0.15) is 0 Å². The van der Waals surface area contributed by atoms with Crippen LogP contribution in [0.3, 0.4) is 0 Å². The van der Waals surface area contributed by atoms with Crippen molar-refractivity contribution >= 4 is 0 Å². The Kier molecular flexibility index (Phi) is 4.75. The Balaban J connectivity index is 1.89. The van der Waals surface area contributed by atoms with E-state index in [0.29, 0.717) is 6.10 Å². The quantitative estimate of drug-likeness (QED) is 0.887. The summed E-state index contributed by atoms with van der Waals surface area (Å²) in [6.45, 7) is 5.27. The van der Waals surface area contributed by atoms with Crippen LogP contribution in [0.1, 0.15) is 30.0 Å². The first-order valence-corrected chi connectivity index (χ1v) is 6.77. The monoisotopic (exact) mass is 248 g/mol. The second-order valence-corrected chi connectivity index (χ2v) is 5.20. The molecule has 0 aromatic heterocycles. The zero-order valence-electron chi connectivity index (χ0n) is 11.4. The minimum atomic E-state index is 0.116. The van der Waals surface area contributed by atoms with Gasteiger partial charge in [-0.3, -0.25) is 0 Å². The second kappa shape index (κ2) is 6.32. The van der Waals surface area contributed by atoms with Gasteiger partial charge in [-0.15, -0.1) is 0 Å². The summed E-state index contributed by atoms with van der Waals surface area (Å²) in [4.78, 5) is 2.45. The minimum absolute atomic E-state index is 0.116. The molecule has 0 saturated carbocycles. The van der Waals surface area contributed by atoms with Crippen molar-refractivity contribution < 1.29 is 4.74 Å². The van der Waals surface area contributed by atoms with Gasteiger partial charge in [-0.05, 0) is 30.9 Å². The molecule has 0 bridgehead atoms. The fraction of sp³-hybridized carbons (Fsp3) is 0.600. The van der Waals surface area contributed by atoms with Crippen molar-refractivity contribution in [3.8, 4) is 0 Å². The number of rotatable bonds is 4. The zero-order valence-corrected chi connectivity index (χ0v) is 11.4. The first kappa shape index (κ1) is 13.5. The van der Waals surface area contributed by atoms with Crippen LogP contribution >= 0.6 is 0 Å². The van der Waals surface area contributed by atoms with Crippen molar-refractivity contribution in [3.63, 3.8) is 0 Å². The van der Waals surface area contributed by atoms with Crippen molar-refractivity contribution in [1.29, 1.82) is 0 Å². The fourth-order valence-electron chi connectivity index (χ4n) is 2.71. The number of hydrogen-bond donors (Lipinski definition) is 1. The molecule has 1 fully saturated rings. The van der Waals surface area contributed by atoms with Crippen LogP contribution in [0.15, 0.2) is 24.3 Å². The first-order chi connectivity index (χ1) is 8.70. The molecule has 1 aliphatic rings. The molecule has 1 saturated heterocycles. The summed E-state index contributed by atoms with van der Waals surface area (Å²) in [7, 11) is 1.80. The van der Waals surface area contributed by atoms with Gasteiger partial charge in [-0.25, -0.2) is 0 Å². The molecule has 1 heterocycles. The maximum absolute atomic E-state index is 6.32. The third-order valence-corrected chi connectivity index (χ3v) is 3.91. The number of benzene rings is 1. The lowest BCUT2D eigenvalue weighted by Crippen LogP contribution is -2.40. The van der Waals surface area contributed by atoms with Crippen molar-refractivity contribution in [2.75, 3.05) is 26.7 Å². The molecular weight excluding hydrogens is 224 g/mol. The highest BCUT2D eigenvalue weighted by atomic mass is 16.5. The molecule has 2 N–H and O–H groups in total. The van der Waals surface area contributed by atoms with Gasteiger partial charge in [0.2, 0.25) is 0 Å². The Bertz CT molecular complexity index is 373. The highest BCUT2D eigenvalue weighted by molar-refractivity contribution is 5.28. The largest absolute Gasteiger partial charge is 0.381 e. The SMILES string of the molecule is COC1CCN(CC(N)c2ccccc2C)CC1. The lowest BCUT2D eigenvalue weighted by atomic mass is 10.0. The molecule has 100 valence electrons. The van der Waals surface area contributed by atoms with E-state index in [1.807, 2.05) is 0 Å². The molecule has 0 spiro atoms.